The summed E-state index contributed by atoms with van der Waals surface area (Å²) in [7, 11) is 3.98. The minimum Gasteiger partial charge on any atom is -0.480 e. The number of likely N-dealkylation sites (N-methyl/N-ethyl adjacent to an activating group) is 1. The van der Waals surface area contributed by atoms with E-state index in [2.05, 4.69) is 10.2 Å². The summed E-state index contributed by atoms with van der Waals surface area (Å²) in [4.78, 5) is 26.9. The molecule has 1 aliphatic rings. The molecule has 0 aromatic heterocycles. The first-order chi connectivity index (χ1) is 8.81. The number of aliphatic carboxylic acids is 1. The van der Waals surface area contributed by atoms with Gasteiger partial charge in [-0.3, -0.25) is 0 Å². The average molecular weight is 271 g/mol. The van der Waals surface area contributed by atoms with E-state index in [1.54, 1.807) is 4.90 Å². The van der Waals surface area contributed by atoms with Crippen LogP contribution < -0.4 is 5.32 Å². The molecule has 19 heavy (non-hydrogen) atoms. The van der Waals surface area contributed by atoms with Gasteiger partial charge in [-0.2, -0.15) is 0 Å². The number of carbonyl (C=O) groups excluding carboxylic acids is 1. The molecule has 1 saturated heterocycles. The fourth-order valence-electron chi connectivity index (χ4n) is 2.28. The van der Waals surface area contributed by atoms with Crippen molar-refractivity contribution in [2.24, 2.45) is 5.92 Å². The van der Waals surface area contributed by atoms with Gasteiger partial charge in [0, 0.05) is 19.1 Å². The van der Waals surface area contributed by atoms with Gasteiger partial charge in [-0.15, -0.1) is 0 Å². The van der Waals surface area contributed by atoms with E-state index in [1.165, 1.54) is 0 Å². The van der Waals surface area contributed by atoms with Crippen molar-refractivity contribution in [3.8, 4) is 0 Å². The Labute approximate surface area is 114 Å². The Morgan fingerprint density at radius 1 is 1.42 bits per heavy atom. The number of hydrogen-bond acceptors (Lipinski definition) is 3. The summed E-state index contributed by atoms with van der Waals surface area (Å²) >= 11 is 0. The van der Waals surface area contributed by atoms with Crippen LogP contribution in [0.5, 0.6) is 0 Å². The number of nitrogens with zero attached hydrogens (tertiary/aromatic N) is 2. The van der Waals surface area contributed by atoms with Gasteiger partial charge in [0.25, 0.3) is 0 Å². The summed E-state index contributed by atoms with van der Waals surface area (Å²) in [5.74, 6) is -0.736. The van der Waals surface area contributed by atoms with E-state index in [9.17, 15) is 9.59 Å². The topological polar surface area (TPSA) is 72.9 Å². The van der Waals surface area contributed by atoms with Crippen molar-refractivity contribution in [3.63, 3.8) is 0 Å². The van der Waals surface area contributed by atoms with E-state index < -0.39 is 12.0 Å². The Kier molecular flexibility index (Phi) is 5.60. The molecule has 6 nitrogen and oxygen atoms in total. The zero-order valence-corrected chi connectivity index (χ0v) is 12.2. The normalized spacial score (nSPS) is 20.9. The van der Waals surface area contributed by atoms with Gasteiger partial charge in [0.15, 0.2) is 0 Å². The highest BCUT2D eigenvalue weighted by Crippen LogP contribution is 2.14. The highest BCUT2D eigenvalue weighted by atomic mass is 16.4. The van der Waals surface area contributed by atoms with Crippen molar-refractivity contribution >= 4 is 12.0 Å². The average Bonchev–Trinajstić information content (AvgIpc) is 2.76. The highest BCUT2D eigenvalue weighted by Gasteiger charge is 2.30. The second kappa shape index (κ2) is 6.75. The third kappa shape index (κ3) is 4.70. The fourth-order valence-corrected chi connectivity index (χ4v) is 2.28. The predicted octanol–water partition coefficient (Wildman–Crippen LogP) is 0.831. The largest absolute Gasteiger partial charge is 0.480 e. The molecule has 1 fully saturated rings. The number of carboxylic acids is 1. The first kappa shape index (κ1) is 15.8. The lowest BCUT2D eigenvalue weighted by Gasteiger charge is -2.23. The molecule has 2 atom stereocenters. The summed E-state index contributed by atoms with van der Waals surface area (Å²) in [5, 5.41) is 11.7. The number of urea groups is 1. The van der Waals surface area contributed by atoms with E-state index in [4.69, 9.17) is 5.11 Å². The van der Waals surface area contributed by atoms with Crippen molar-refractivity contribution in [2.45, 2.75) is 38.8 Å². The molecule has 0 radical (unpaired) electrons. The number of hydrogen-bond donors (Lipinski definition) is 2. The SMILES string of the molecule is CC(C)CC(NC(=O)N1CCC(N(C)C)C1)C(=O)O. The maximum Gasteiger partial charge on any atom is 0.326 e. The molecular formula is C13H25N3O3. The molecule has 0 aliphatic carbocycles. The van der Waals surface area contributed by atoms with Crippen molar-refractivity contribution in [1.82, 2.24) is 15.1 Å². The zero-order chi connectivity index (χ0) is 14.6. The molecular weight excluding hydrogens is 246 g/mol. The molecule has 0 aromatic rings. The standard InChI is InChI=1S/C13H25N3O3/c1-9(2)7-11(12(17)18)14-13(19)16-6-5-10(8-16)15(3)4/h9-11H,5-8H2,1-4H3,(H,14,19)(H,17,18). The number of amides is 2. The van der Waals surface area contributed by atoms with Gasteiger partial charge in [0.05, 0.1) is 0 Å². The summed E-state index contributed by atoms with van der Waals surface area (Å²) in [6, 6.07) is -0.706. The van der Waals surface area contributed by atoms with Crippen LogP contribution in [0, 0.1) is 5.92 Å². The van der Waals surface area contributed by atoms with E-state index in [0.717, 1.165) is 6.42 Å². The monoisotopic (exact) mass is 271 g/mol. The lowest BCUT2D eigenvalue weighted by Crippen LogP contribution is -2.48. The number of carboxylic acid groups (broad SMARTS) is 1. The highest BCUT2D eigenvalue weighted by molar-refractivity contribution is 5.82. The molecule has 2 amide bonds. The number of likely N-dealkylation sites (tertiary alicyclic amines) is 1. The first-order valence-corrected chi connectivity index (χ1v) is 6.76. The molecule has 6 heteroatoms. The van der Waals surface area contributed by atoms with Gasteiger partial charge in [0.2, 0.25) is 0 Å². The van der Waals surface area contributed by atoms with Crippen LogP contribution in [0.3, 0.4) is 0 Å². The van der Waals surface area contributed by atoms with Gasteiger partial charge in [-0.25, -0.2) is 9.59 Å². The molecule has 1 rings (SSSR count). The van der Waals surface area contributed by atoms with Gasteiger partial charge in [-0.05, 0) is 32.9 Å². The molecule has 0 saturated carbocycles. The maximum atomic E-state index is 12.0. The lowest BCUT2D eigenvalue weighted by molar-refractivity contribution is -0.139. The summed E-state index contributed by atoms with van der Waals surface area (Å²) in [6.07, 6.45) is 1.38. The molecule has 1 heterocycles. The predicted molar refractivity (Wildman–Crippen MR) is 73.1 cm³/mol. The van der Waals surface area contributed by atoms with Crippen LogP contribution in [-0.2, 0) is 4.79 Å². The number of rotatable bonds is 5. The van der Waals surface area contributed by atoms with Crippen LogP contribution in [0.15, 0.2) is 0 Å². The van der Waals surface area contributed by atoms with Crippen LogP contribution in [0.4, 0.5) is 4.79 Å². The second-order valence-electron chi connectivity index (χ2n) is 5.82. The van der Waals surface area contributed by atoms with Crippen molar-refractivity contribution in [1.29, 1.82) is 0 Å². The summed E-state index contributed by atoms with van der Waals surface area (Å²) in [6.45, 7) is 5.23. The van der Waals surface area contributed by atoms with Crippen molar-refractivity contribution in [2.75, 3.05) is 27.2 Å². The fraction of sp³-hybridized carbons (Fsp3) is 0.846. The van der Waals surface area contributed by atoms with Gasteiger partial charge < -0.3 is 20.2 Å². The molecule has 1 aliphatic heterocycles. The van der Waals surface area contributed by atoms with E-state index in [-0.39, 0.29) is 11.9 Å². The van der Waals surface area contributed by atoms with E-state index >= 15 is 0 Å². The minimum absolute atomic E-state index is 0.231. The Hall–Kier alpha value is -1.30. The van der Waals surface area contributed by atoms with Crippen LogP contribution in [0.2, 0.25) is 0 Å². The van der Waals surface area contributed by atoms with E-state index in [0.29, 0.717) is 25.6 Å². The third-order valence-electron chi connectivity index (χ3n) is 3.48. The van der Waals surface area contributed by atoms with Gasteiger partial charge in [0.1, 0.15) is 6.04 Å². The molecule has 0 bridgehead atoms. The Balaban J connectivity index is 2.51. The quantitative estimate of drug-likeness (QED) is 0.777. The van der Waals surface area contributed by atoms with Crippen LogP contribution in [0.1, 0.15) is 26.7 Å². The van der Waals surface area contributed by atoms with E-state index in [1.807, 2.05) is 27.9 Å². The first-order valence-electron chi connectivity index (χ1n) is 6.76. The lowest BCUT2D eigenvalue weighted by atomic mass is 10.0. The van der Waals surface area contributed by atoms with Crippen LogP contribution >= 0.6 is 0 Å². The molecule has 0 spiro atoms. The van der Waals surface area contributed by atoms with Gasteiger partial charge >= 0.3 is 12.0 Å². The number of carbonyl (C=O) groups is 2. The Bertz CT molecular complexity index is 331. The Morgan fingerprint density at radius 3 is 2.47 bits per heavy atom. The van der Waals surface area contributed by atoms with Crippen LogP contribution in [0.25, 0.3) is 0 Å². The minimum atomic E-state index is -0.967. The smallest absolute Gasteiger partial charge is 0.326 e. The summed E-state index contributed by atoms with van der Waals surface area (Å²) < 4.78 is 0. The third-order valence-corrected chi connectivity index (χ3v) is 3.48. The van der Waals surface area contributed by atoms with Crippen molar-refractivity contribution < 1.29 is 14.7 Å². The summed E-state index contributed by atoms with van der Waals surface area (Å²) in [5.41, 5.74) is 0. The zero-order valence-electron chi connectivity index (χ0n) is 12.2. The number of nitrogens with one attached hydrogen (secondary N) is 1. The second-order valence-corrected chi connectivity index (χ2v) is 5.82. The molecule has 2 unspecified atom stereocenters. The molecule has 0 aromatic carbocycles. The van der Waals surface area contributed by atoms with Crippen LogP contribution in [-0.4, -0.2) is 66.2 Å². The Morgan fingerprint density at radius 2 is 2.05 bits per heavy atom. The molecule has 2 N–H and O–H groups in total. The van der Waals surface area contributed by atoms with Gasteiger partial charge in [-0.1, -0.05) is 13.8 Å². The maximum absolute atomic E-state index is 12.0. The van der Waals surface area contributed by atoms with Crippen molar-refractivity contribution in [3.05, 3.63) is 0 Å². The molecule has 110 valence electrons.